The molecule has 0 atom stereocenters. The summed E-state index contributed by atoms with van der Waals surface area (Å²) in [5.74, 6) is 1.17. The van der Waals surface area contributed by atoms with E-state index in [0.29, 0.717) is 0 Å². The van der Waals surface area contributed by atoms with E-state index in [1.807, 2.05) is 12.1 Å². The molecule has 0 bridgehead atoms. The van der Waals surface area contributed by atoms with Gasteiger partial charge in [0, 0.05) is 30.6 Å². The summed E-state index contributed by atoms with van der Waals surface area (Å²) in [6.07, 6.45) is 0.857. The van der Waals surface area contributed by atoms with Crippen molar-refractivity contribution in [3.8, 4) is 17.0 Å². The summed E-state index contributed by atoms with van der Waals surface area (Å²) in [5, 5.41) is 17.1. The standard InChI is InChI=1S/C12H12N2O2/c15-10-4-2-1-3-8(10)12-9-7-13-6-5-11(9)16-14-12/h1-4,13,15H,5-7H2. The molecule has 4 nitrogen and oxygen atoms in total. The molecule has 0 aliphatic carbocycles. The quantitative estimate of drug-likeness (QED) is 0.761. The highest BCUT2D eigenvalue weighted by Gasteiger charge is 2.21. The Morgan fingerprint density at radius 2 is 2.19 bits per heavy atom. The van der Waals surface area contributed by atoms with Crippen LogP contribution in [0.2, 0.25) is 0 Å². The van der Waals surface area contributed by atoms with E-state index < -0.39 is 0 Å². The predicted molar refractivity (Wildman–Crippen MR) is 59.0 cm³/mol. The fourth-order valence-electron chi connectivity index (χ4n) is 2.02. The summed E-state index contributed by atoms with van der Waals surface area (Å²) in [4.78, 5) is 0. The molecule has 2 heterocycles. The fraction of sp³-hybridized carbons (Fsp3) is 0.250. The van der Waals surface area contributed by atoms with Crippen LogP contribution in [-0.2, 0) is 13.0 Å². The van der Waals surface area contributed by atoms with Crippen molar-refractivity contribution in [3.05, 3.63) is 35.6 Å². The molecule has 0 spiro atoms. The van der Waals surface area contributed by atoms with Gasteiger partial charge in [-0.15, -0.1) is 0 Å². The molecule has 1 aliphatic rings. The van der Waals surface area contributed by atoms with Crippen LogP contribution in [0.4, 0.5) is 0 Å². The molecule has 0 amide bonds. The number of aromatic nitrogens is 1. The molecule has 4 heteroatoms. The highest BCUT2D eigenvalue weighted by molar-refractivity contribution is 5.69. The number of para-hydroxylation sites is 1. The molecule has 1 aromatic heterocycles. The molecular formula is C12H12N2O2. The van der Waals surface area contributed by atoms with E-state index in [0.717, 1.165) is 42.1 Å². The molecule has 82 valence electrons. The summed E-state index contributed by atoms with van der Waals surface area (Å²) < 4.78 is 5.30. The van der Waals surface area contributed by atoms with E-state index in [1.165, 1.54) is 0 Å². The molecule has 0 radical (unpaired) electrons. The van der Waals surface area contributed by atoms with Gasteiger partial charge in [-0.05, 0) is 12.1 Å². The second-order valence-electron chi connectivity index (χ2n) is 3.88. The lowest BCUT2D eigenvalue weighted by atomic mass is 10.0. The van der Waals surface area contributed by atoms with Gasteiger partial charge in [-0.25, -0.2) is 0 Å². The first-order valence-corrected chi connectivity index (χ1v) is 5.33. The minimum atomic E-state index is 0.240. The van der Waals surface area contributed by atoms with Gasteiger partial charge < -0.3 is 14.9 Å². The zero-order valence-corrected chi connectivity index (χ0v) is 8.73. The number of fused-ring (bicyclic) bond motifs is 1. The van der Waals surface area contributed by atoms with Gasteiger partial charge in [0.15, 0.2) is 0 Å². The number of phenols is 1. The van der Waals surface area contributed by atoms with Crippen LogP contribution < -0.4 is 5.32 Å². The predicted octanol–water partition coefficient (Wildman–Crippen LogP) is 1.69. The number of benzene rings is 1. The topological polar surface area (TPSA) is 58.3 Å². The Labute approximate surface area is 92.9 Å². The molecule has 2 N–H and O–H groups in total. The molecular weight excluding hydrogens is 204 g/mol. The minimum Gasteiger partial charge on any atom is -0.507 e. The van der Waals surface area contributed by atoms with Gasteiger partial charge in [0.25, 0.3) is 0 Å². The average Bonchev–Trinajstić information content (AvgIpc) is 2.74. The minimum absolute atomic E-state index is 0.240. The monoisotopic (exact) mass is 216 g/mol. The normalized spacial score (nSPS) is 14.8. The Balaban J connectivity index is 2.13. The zero-order chi connectivity index (χ0) is 11.0. The number of nitrogens with zero attached hydrogens (tertiary/aromatic N) is 1. The first-order valence-electron chi connectivity index (χ1n) is 5.33. The van der Waals surface area contributed by atoms with Crippen molar-refractivity contribution in [2.24, 2.45) is 0 Å². The number of aromatic hydroxyl groups is 1. The summed E-state index contributed by atoms with van der Waals surface area (Å²) in [7, 11) is 0. The summed E-state index contributed by atoms with van der Waals surface area (Å²) >= 11 is 0. The van der Waals surface area contributed by atoms with Gasteiger partial charge >= 0.3 is 0 Å². The SMILES string of the molecule is Oc1ccccc1-c1noc2c1CNCC2. The molecule has 3 rings (SSSR count). The van der Waals surface area contributed by atoms with Crippen LogP contribution in [0.5, 0.6) is 5.75 Å². The summed E-state index contributed by atoms with van der Waals surface area (Å²) in [5.41, 5.74) is 2.55. The second-order valence-corrected chi connectivity index (χ2v) is 3.88. The molecule has 0 unspecified atom stereocenters. The number of hydrogen-bond donors (Lipinski definition) is 2. The fourth-order valence-corrected chi connectivity index (χ4v) is 2.02. The maximum Gasteiger partial charge on any atom is 0.143 e. The van der Waals surface area contributed by atoms with Crippen LogP contribution in [0.1, 0.15) is 11.3 Å². The second kappa shape index (κ2) is 3.64. The van der Waals surface area contributed by atoms with Crippen molar-refractivity contribution in [1.82, 2.24) is 10.5 Å². The zero-order valence-electron chi connectivity index (χ0n) is 8.73. The van der Waals surface area contributed by atoms with Gasteiger partial charge in [0.05, 0.1) is 0 Å². The number of hydrogen-bond acceptors (Lipinski definition) is 4. The van der Waals surface area contributed by atoms with Gasteiger partial charge in [0.1, 0.15) is 17.2 Å². The van der Waals surface area contributed by atoms with Crippen molar-refractivity contribution in [1.29, 1.82) is 0 Å². The van der Waals surface area contributed by atoms with E-state index in [1.54, 1.807) is 12.1 Å². The number of rotatable bonds is 1. The lowest BCUT2D eigenvalue weighted by molar-refractivity contribution is 0.373. The molecule has 1 aliphatic heterocycles. The van der Waals surface area contributed by atoms with Crippen molar-refractivity contribution in [2.45, 2.75) is 13.0 Å². The van der Waals surface area contributed by atoms with Crippen LogP contribution in [0.15, 0.2) is 28.8 Å². The Kier molecular flexibility index (Phi) is 2.15. The van der Waals surface area contributed by atoms with Crippen molar-refractivity contribution in [2.75, 3.05) is 6.54 Å². The van der Waals surface area contributed by atoms with E-state index in [-0.39, 0.29) is 5.75 Å². The Morgan fingerprint density at radius 1 is 1.31 bits per heavy atom. The number of nitrogens with one attached hydrogen (secondary N) is 1. The van der Waals surface area contributed by atoms with Gasteiger partial charge in [-0.2, -0.15) is 0 Å². The number of phenolic OH excluding ortho intramolecular Hbond substituents is 1. The summed E-state index contributed by atoms with van der Waals surface area (Å²) in [6, 6.07) is 7.19. The first kappa shape index (κ1) is 9.42. The largest absolute Gasteiger partial charge is 0.507 e. The van der Waals surface area contributed by atoms with Crippen molar-refractivity contribution < 1.29 is 9.63 Å². The molecule has 0 fully saturated rings. The lowest BCUT2D eigenvalue weighted by Gasteiger charge is -2.11. The van der Waals surface area contributed by atoms with E-state index in [9.17, 15) is 5.11 Å². The molecule has 1 aromatic carbocycles. The van der Waals surface area contributed by atoms with Crippen LogP contribution >= 0.6 is 0 Å². The molecule has 0 saturated heterocycles. The smallest absolute Gasteiger partial charge is 0.143 e. The summed E-state index contributed by atoms with van der Waals surface area (Å²) in [6.45, 7) is 1.67. The highest BCUT2D eigenvalue weighted by Crippen LogP contribution is 2.32. The van der Waals surface area contributed by atoms with Crippen molar-refractivity contribution >= 4 is 0 Å². The maximum absolute atomic E-state index is 9.78. The van der Waals surface area contributed by atoms with E-state index in [2.05, 4.69) is 10.5 Å². The Bertz CT molecular complexity index is 519. The Hall–Kier alpha value is -1.81. The first-order chi connectivity index (χ1) is 7.86. The van der Waals surface area contributed by atoms with E-state index >= 15 is 0 Å². The molecule has 0 saturated carbocycles. The molecule has 16 heavy (non-hydrogen) atoms. The van der Waals surface area contributed by atoms with E-state index in [4.69, 9.17) is 4.52 Å². The van der Waals surface area contributed by atoms with Gasteiger partial charge in [-0.1, -0.05) is 17.3 Å². The third kappa shape index (κ3) is 1.39. The Morgan fingerprint density at radius 3 is 3.06 bits per heavy atom. The van der Waals surface area contributed by atoms with Crippen LogP contribution in [0, 0.1) is 0 Å². The average molecular weight is 216 g/mol. The van der Waals surface area contributed by atoms with Gasteiger partial charge in [-0.3, -0.25) is 0 Å². The lowest BCUT2D eigenvalue weighted by Crippen LogP contribution is -2.22. The third-order valence-electron chi connectivity index (χ3n) is 2.86. The molecule has 2 aromatic rings. The highest BCUT2D eigenvalue weighted by atomic mass is 16.5. The van der Waals surface area contributed by atoms with Gasteiger partial charge in [0.2, 0.25) is 0 Å². The third-order valence-corrected chi connectivity index (χ3v) is 2.86. The van der Waals surface area contributed by atoms with Crippen LogP contribution in [-0.4, -0.2) is 16.8 Å². The maximum atomic E-state index is 9.78. The van der Waals surface area contributed by atoms with Crippen LogP contribution in [0.25, 0.3) is 11.3 Å². The van der Waals surface area contributed by atoms with Crippen LogP contribution in [0.3, 0.4) is 0 Å². The van der Waals surface area contributed by atoms with Crippen molar-refractivity contribution in [3.63, 3.8) is 0 Å².